The lowest BCUT2D eigenvalue weighted by molar-refractivity contribution is -0.142. The number of carbonyl (C=O) groups excluding carboxylic acids is 1. The Morgan fingerprint density at radius 1 is 1.52 bits per heavy atom. The van der Waals surface area contributed by atoms with Crippen LogP contribution in [0.15, 0.2) is 35.7 Å². The lowest BCUT2D eigenvalue weighted by Crippen LogP contribution is -2.22. The van der Waals surface area contributed by atoms with Crippen LogP contribution < -0.4 is 10.5 Å². The molecule has 1 aromatic carbocycles. The molecular formula is C17H15ClN4O3. The molecule has 25 heavy (non-hydrogen) atoms. The van der Waals surface area contributed by atoms with Gasteiger partial charge in [0.05, 0.1) is 30.2 Å². The van der Waals surface area contributed by atoms with E-state index in [1.54, 1.807) is 25.1 Å². The van der Waals surface area contributed by atoms with Gasteiger partial charge in [-0.1, -0.05) is 29.8 Å². The van der Waals surface area contributed by atoms with Crippen molar-refractivity contribution >= 4 is 17.6 Å². The lowest BCUT2D eigenvalue weighted by Gasteiger charge is -2.24. The first-order valence-electron chi connectivity index (χ1n) is 7.61. The fraction of sp³-hybridized carbons (Fsp3) is 0.235. The fourth-order valence-electron chi connectivity index (χ4n) is 2.82. The number of nitrogens with zero attached hydrogens (tertiary/aromatic N) is 2. The molecule has 0 fully saturated rings. The van der Waals surface area contributed by atoms with E-state index in [9.17, 15) is 10.1 Å². The average Bonchev–Trinajstić information content (AvgIpc) is 2.96. The van der Waals surface area contributed by atoms with E-state index < -0.39 is 11.9 Å². The summed E-state index contributed by atoms with van der Waals surface area (Å²) in [5.74, 6) is -0.798. The summed E-state index contributed by atoms with van der Waals surface area (Å²) in [5.41, 5.74) is 7.84. The minimum Gasteiger partial charge on any atom is -0.466 e. The van der Waals surface area contributed by atoms with E-state index in [0.29, 0.717) is 21.8 Å². The molecule has 7 nitrogen and oxygen atoms in total. The largest absolute Gasteiger partial charge is 0.466 e. The molecule has 1 aliphatic rings. The molecule has 0 saturated carbocycles. The Morgan fingerprint density at radius 2 is 2.28 bits per heavy atom. The normalized spacial score (nSPS) is 16.0. The summed E-state index contributed by atoms with van der Waals surface area (Å²) in [6.07, 6.45) is -0.0287. The highest BCUT2D eigenvalue weighted by molar-refractivity contribution is 6.31. The van der Waals surface area contributed by atoms with Crippen LogP contribution in [0.3, 0.4) is 0 Å². The van der Waals surface area contributed by atoms with Crippen molar-refractivity contribution in [1.82, 2.24) is 10.2 Å². The molecule has 0 radical (unpaired) electrons. The van der Waals surface area contributed by atoms with Gasteiger partial charge in [-0.25, -0.2) is 0 Å². The fourth-order valence-corrected chi connectivity index (χ4v) is 3.06. The molecule has 0 amide bonds. The van der Waals surface area contributed by atoms with Crippen molar-refractivity contribution in [2.45, 2.75) is 19.3 Å². The zero-order valence-corrected chi connectivity index (χ0v) is 14.1. The van der Waals surface area contributed by atoms with E-state index >= 15 is 0 Å². The second-order valence-electron chi connectivity index (χ2n) is 5.35. The predicted molar refractivity (Wildman–Crippen MR) is 89.7 cm³/mol. The number of nitrogens with two attached hydrogens (primary N) is 1. The minimum absolute atomic E-state index is 0.0287. The van der Waals surface area contributed by atoms with Crippen molar-refractivity contribution in [1.29, 1.82) is 5.26 Å². The summed E-state index contributed by atoms with van der Waals surface area (Å²) in [5, 5.41) is 16.9. The number of esters is 1. The van der Waals surface area contributed by atoms with Gasteiger partial charge < -0.3 is 15.2 Å². The number of carbonyl (C=O) groups is 1. The first-order valence-corrected chi connectivity index (χ1v) is 7.99. The highest BCUT2D eigenvalue weighted by Crippen LogP contribution is 2.44. The van der Waals surface area contributed by atoms with Crippen LogP contribution in [-0.2, 0) is 16.0 Å². The maximum absolute atomic E-state index is 11.9. The van der Waals surface area contributed by atoms with E-state index in [1.807, 2.05) is 6.07 Å². The van der Waals surface area contributed by atoms with Gasteiger partial charge in [0.2, 0.25) is 11.8 Å². The van der Waals surface area contributed by atoms with Gasteiger partial charge in [-0.05, 0) is 18.6 Å². The number of halogens is 1. The third-order valence-corrected chi connectivity index (χ3v) is 4.20. The molecule has 1 aromatic heterocycles. The quantitative estimate of drug-likeness (QED) is 0.811. The third kappa shape index (κ3) is 3.04. The topological polar surface area (TPSA) is 114 Å². The van der Waals surface area contributed by atoms with Gasteiger partial charge in [0.15, 0.2) is 0 Å². The summed E-state index contributed by atoms with van der Waals surface area (Å²) in [4.78, 5) is 11.9. The van der Waals surface area contributed by atoms with Crippen LogP contribution in [0.2, 0.25) is 5.02 Å². The van der Waals surface area contributed by atoms with Crippen LogP contribution in [0, 0.1) is 11.3 Å². The van der Waals surface area contributed by atoms with E-state index in [1.165, 1.54) is 0 Å². The Hall–Kier alpha value is -2.98. The molecule has 3 rings (SSSR count). The van der Waals surface area contributed by atoms with E-state index in [2.05, 4.69) is 16.3 Å². The van der Waals surface area contributed by atoms with Crippen molar-refractivity contribution in [3.05, 3.63) is 57.6 Å². The highest BCUT2D eigenvalue weighted by atomic mass is 35.5. The van der Waals surface area contributed by atoms with Gasteiger partial charge in [-0.3, -0.25) is 9.89 Å². The second kappa shape index (κ2) is 6.87. The van der Waals surface area contributed by atoms with Crippen LogP contribution in [0.1, 0.15) is 29.7 Å². The molecule has 2 heterocycles. The standard InChI is InChI=1S/C17H15ClN4O3/c1-2-24-13(23)7-12-15-14(9-5-3-4-6-11(9)18)10(8-19)16(20)25-17(15)22-21-12/h3-6,14H,2,7,20H2,1H3,(H,21,22). The molecule has 8 heteroatoms. The number of rotatable bonds is 4. The summed E-state index contributed by atoms with van der Waals surface area (Å²) in [7, 11) is 0. The summed E-state index contributed by atoms with van der Waals surface area (Å²) in [6.45, 7) is 2.00. The number of hydrogen-bond donors (Lipinski definition) is 2. The third-order valence-electron chi connectivity index (χ3n) is 3.86. The summed E-state index contributed by atoms with van der Waals surface area (Å²) < 4.78 is 10.4. The Bertz CT molecular complexity index is 898. The number of aromatic amines is 1. The van der Waals surface area contributed by atoms with Crippen molar-refractivity contribution in [3.8, 4) is 11.9 Å². The minimum atomic E-state index is -0.578. The van der Waals surface area contributed by atoms with Gasteiger partial charge in [0.25, 0.3) is 0 Å². The number of aromatic nitrogens is 2. The molecule has 1 unspecified atom stereocenters. The van der Waals surface area contributed by atoms with Gasteiger partial charge >= 0.3 is 5.97 Å². The van der Waals surface area contributed by atoms with Crippen LogP contribution >= 0.6 is 11.6 Å². The van der Waals surface area contributed by atoms with Crippen molar-refractivity contribution < 1.29 is 14.3 Å². The first kappa shape index (κ1) is 16.9. The lowest BCUT2D eigenvalue weighted by atomic mass is 9.83. The molecule has 2 aromatic rings. The molecule has 0 bridgehead atoms. The number of nitrogens with one attached hydrogen (secondary N) is 1. The number of nitriles is 1. The first-order chi connectivity index (χ1) is 12.1. The number of benzene rings is 1. The zero-order valence-electron chi connectivity index (χ0n) is 13.4. The van der Waals surface area contributed by atoms with E-state index in [4.69, 9.17) is 26.8 Å². The van der Waals surface area contributed by atoms with Crippen LogP contribution in [0.4, 0.5) is 0 Å². The van der Waals surface area contributed by atoms with Crippen LogP contribution in [-0.4, -0.2) is 22.8 Å². The average molecular weight is 359 g/mol. The predicted octanol–water partition coefficient (Wildman–Crippen LogP) is 2.39. The Morgan fingerprint density at radius 3 is 2.96 bits per heavy atom. The Balaban J connectivity index is 2.14. The molecule has 1 aliphatic heterocycles. The van der Waals surface area contributed by atoms with Gasteiger partial charge in [0, 0.05) is 5.02 Å². The van der Waals surface area contributed by atoms with E-state index in [0.717, 1.165) is 0 Å². The molecule has 0 saturated heterocycles. The maximum Gasteiger partial charge on any atom is 0.311 e. The molecule has 128 valence electrons. The van der Waals surface area contributed by atoms with Gasteiger partial charge in [-0.2, -0.15) is 5.26 Å². The highest BCUT2D eigenvalue weighted by Gasteiger charge is 2.36. The Kier molecular flexibility index (Phi) is 4.63. The number of allylic oxidation sites excluding steroid dienone is 1. The maximum atomic E-state index is 11.9. The zero-order chi connectivity index (χ0) is 18.0. The molecule has 1 atom stereocenters. The van der Waals surface area contributed by atoms with Crippen molar-refractivity contribution in [2.75, 3.05) is 6.61 Å². The molecule has 3 N–H and O–H groups in total. The number of fused-ring (bicyclic) bond motifs is 1. The van der Waals surface area contributed by atoms with Crippen molar-refractivity contribution in [3.63, 3.8) is 0 Å². The number of ether oxygens (including phenoxy) is 2. The Labute approximate surface area is 149 Å². The summed E-state index contributed by atoms with van der Waals surface area (Å²) in [6, 6.07) is 9.21. The second-order valence-corrected chi connectivity index (χ2v) is 5.76. The molecule has 0 spiro atoms. The molecular weight excluding hydrogens is 344 g/mol. The monoisotopic (exact) mass is 358 g/mol. The van der Waals surface area contributed by atoms with Crippen molar-refractivity contribution in [2.24, 2.45) is 5.73 Å². The van der Waals surface area contributed by atoms with Gasteiger partial charge in [-0.15, -0.1) is 5.10 Å². The van der Waals surface area contributed by atoms with Crippen LogP contribution in [0.5, 0.6) is 5.88 Å². The number of hydrogen-bond acceptors (Lipinski definition) is 6. The van der Waals surface area contributed by atoms with E-state index in [-0.39, 0.29) is 30.4 Å². The molecule has 0 aliphatic carbocycles. The smallest absolute Gasteiger partial charge is 0.311 e. The SMILES string of the molecule is CCOC(=O)Cc1[nH]nc2c1C(c1ccccc1Cl)C(C#N)=C(N)O2. The van der Waals surface area contributed by atoms with Gasteiger partial charge in [0.1, 0.15) is 11.6 Å². The summed E-state index contributed by atoms with van der Waals surface area (Å²) >= 11 is 6.33. The number of H-pyrrole nitrogens is 1. The van der Waals surface area contributed by atoms with Crippen LogP contribution in [0.25, 0.3) is 0 Å².